The van der Waals surface area contributed by atoms with Gasteiger partial charge in [-0.25, -0.2) is 9.59 Å². The molecule has 3 heterocycles. The monoisotopic (exact) mass is 1410 g/mol. The molecule has 0 radical (unpaired) electrons. The lowest BCUT2D eigenvalue weighted by Gasteiger charge is -2.50. The van der Waals surface area contributed by atoms with E-state index in [0.717, 1.165) is 32.7 Å². The third-order valence-corrected chi connectivity index (χ3v) is 18.5. The zero-order valence-corrected chi connectivity index (χ0v) is 57.4. The molecule has 1 unspecified atom stereocenters. The van der Waals surface area contributed by atoms with Gasteiger partial charge >= 0.3 is 11.9 Å². The molecule has 11 rings (SSSR count). The minimum atomic E-state index is -2.09. The van der Waals surface area contributed by atoms with Crippen molar-refractivity contribution in [3.8, 4) is 17.2 Å². The molecule has 24 nitrogen and oxygen atoms in total. The number of rotatable bonds is 34. The van der Waals surface area contributed by atoms with Crippen molar-refractivity contribution in [2.45, 2.75) is 143 Å². The van der Waals surface area contributed by atoms with E-state index in [2.05, 4.69) is 20.1 Å². The van der Waals surface area contributed by atoms with Crippen LogP contribution in [0.3, 0.4) is 0 Å². The average Bonchev–Trinajstić information content (AvgIpc) is 0.758. The maximum atomic E-state index is 15.0. The molecule has 8 aromatic rings. The van der Waals surface area contributed by atoms with Gasteiger partial charge in [-0.3, -0.25) is 0 Å². The van der Waals surface area contributed by atoms with Crippen LogP contribution in [0.15, 0.2) is 234 Å². The average molecular weight is 1410 g/mol. The maximum absolute atomic E-state index is 15.0. The molecule has 0 aliphatic carbocycles. The van der Waals surface area contributed by atoms with E-state index in [1.54, 1.807) is 100 Å². The maximum Gasteiger partial charge on any atom is 0.338 e. The topological polar surface area (TPSA) is 290 Å². The van der Waals surface area contributed by atoms with E-state index in [1.165, 1.54) is 11.8 Å². The highest BCUT2D eigenvalue weighted by atomic mass is 32.2. The summed E-state index contributed by atoms with van der Waals surface area (Å²) in [7, 11) is 4.70. The number of carbonyl (C=O) groups is 2. The summed E-state index contributed by atoms with van der Waals surface area (Å²) < 4.78 is 98.8. The van der Waals surface area contributed by atoms with Crippen LogP contribution < -0.4 is 14.2 Å². The second-order valence-electron chi connectivity index (χ2n) is 24.2. The number of methoxy groups -OCH3 is 3. The summed E-state index contributed by atoms with van der Waals surface area (Å²) >= 11 is 1.29. The smallest absolute Gasteiger partial charge is 0.338 e. The standard InChI is InChI=1S/C77H80N6O18S/c1-49-25-39-60(40-26-49)102-77-64(81-83-79)68(94-46-55-31-37-59(89-4)38-32-55)66(62(97-77)48-91-42-54-29-35-58(88-3)36-30-54)99-76-72(98-74(86)56-23-15-8-16-24-56)69(95-45-52-21-13-7-14-22-52)70(71(101-76)73(84)85)100-75-63(80-82-78)67(93-44-51-19-11-6-12-20-51)65(92-43-50-17-9-5-10-18-50)61(96-75)47-90-41-53-27-33-57(87-2)34-28-53/h5-40,61-72,75-77H,41-48H2,1-4H3,(H,84,85)/t61-,62-,63-,64-,65-,66-,67-,68-,69+,70+,71+,72-,75-,76-,77?/m1/s1. The number of esters is 1. The second-order valence-corrected chi connectivity index (χ2v) is 25.4. The lowest BCUT2D eigenvalue weighted by Crippen LogP contribution is -2.68. The number of aryl methyl sites for hydroxylation is 1. The summed E-state index contributed by atoms with van der Waals surface area (Å²) in [6, 6.07) is 62.8. The number of carbonyl (C=O) groups excluding carboxylic acids is 1. The molecular formula is C77H80N6O18S. The van der Waals surface area contributed by atoms with Crippen LogP contribution in [0.2, 0.25) is 0 Å². The molecule has 15 atom stereocenters. The van der Waals surface area contributed by atoms with Crippen molar-refractivity contribution >= 4 is 23.7 Å². The number of nitrogens with zero attached hydrogens (tertiary/aromatic N) is 6. The minimum absolute atomic E-state index is 0.0148. The van der Waals surface area contributed by atoms with E-state index in [1.807, 2.05) is 146 Å². The van der Waals surface area contributed by atoms with E-state index in [4.69, 9.17) is 71.1 Å². The molecule has 0 aromatic heterocycles. The highest BCUT2D eigenvalue weighted by Crippen LogP contribution is 2.42. The first-order chi connectivity index (χ1) is 50.0. The van der Waals surface area contributed by atoms with Gasteiger partial charge in [0.15, 0.2) is 24.8 Å². The lowest BCUT2D eigenvalue weighted by atomic mass is 9.94. The summed E-state index contributed by atoms with van der Waals surface area (Å²) in [5.74, 6) is -0.594. The summed E-state index contributed by atoms with van der Waals surface area (Å²) in [6.07, 6.45) is -18.2. The second kappa shape index (κ2) is 37.5. The first-order valence-corrected chi connectivity index (χ1v) is 34.1. The zero-order chi connectivity index (χ0) is 71.0. The number of ether oxygens (including phenoxy) is 15. The third-order valence-electron chi connectivity index (χ3n) is 17.3. The molecule has 3 aliphatic rings. The predicted molar refractivity (Wildman–Crippen MR) is 374 cm³/mol. The van der Waals surface area contributed by atoms with Gasteiger partial charge in [-0.05, 0) is 112 Å². The molecular weight excluding hydrogens is 1330 g/mol. The summed E-state index contributed by atoms with van der Waals surface area (Å²) in [6.45, 7) is 1.49. The van der Waals surface area contributed by atoms with Crippen LogP contribution in [0.25, 0.3) is 20.9 Å². The van der Waals surface area contributed by atoms with Gasteiger partial charge in [0.25, 0.3) is 0 Å². The van der Waals surface area contributed by atoms with Crippen LogP contribution in [0.4, 0.5) is 0 Å². The van der Waals surface area contributed by atoms with Crippen molar-refractivity contribution in [1.82, 2.24) is 0 Å². The quantitative estimate of drug-likeness (QED) is 0.0170. The molecule has 102 heavy (non-hydrogen) atoms. The Bertz CT molecular complexity index is 3980. The van der Waals surface area contributed by atoms with Gasteiger partial charge < -0.3 is 76.2 Å². The van der Waals surface area contributed by atoms with Gasteiger partial charge in [0.2, 0.25) is 0 Å². The van der Waals surface area contributed by atoms with Crippen molar-refractivity contribution in [2.75, 3.05) is 34.5 Å². The zero-order valence-electron chi connectivity index (χ0n) is 56.6. The van der Waals surface area contributed by atoms with Gasteiger partial charge in [-0.15, -0.1) is 0 Å². The fraction of sp³-hybridized carbons (Fsp3) is 0.351. The van der Waals surface area contributed by atoms with E-state index >= 15 is 4.79 Å². The molecule has 25 heteroatoms. The van der Waals surface area contributed by atoms with Crippen LogP contribution in [0, 0.1) is 6.92 Å². The van der Waals surface area contributed by atoms with Gasteiger partial charge in [0.1, 0.15) is 77.5 Å². The van der Waals surface area contributed by atoms with Crippen molar-refractivity contribution in [3.05, 3.63) is 284 Å². The Balaban J connectivity index is 1.02. The molecule has 1 N–H and O–H groups in total. The lowest BCUT2D eigenvalue weighted by molar-refractivity contribution is -0.362. The van der Waals surface area contributed by atoms with Crippen LogP contribution in [-0.2, 0) is 101 Å². The van der Waals surface area contributed by atoms with Gasteiger partial charge in [-0.2, -0.15) is 0 Å². The van der Waals surface area contributed by atoms with Crippen molar-refractivity contribution < 1.29 is 85.7 Å². The Morgan fingerprint density at radius 1 is 0.441 bits per heavy atom. The van der Waals surface area contributed by atoms with Crippen molar-refractivity contribution in [1.29, 1.82) is 0 Å². The Labute approximate surface area is 595 Å². The van der Waals surface area contributed by atoms with E-state index < -0.39 is 103 Å². The molecule has 8 aromatic carbocycles. The van der Waals surface area contributed by atoms with Crippen LogP contribution in [0.1, 0.15) is 49.3 Å². The molecule has 0 spiro atoms. The van der Waals surface area contributed by atoms with Crippen LogP contribution in [-0.4, -0.2) is 143 Å². The molecule has 0 bridgehead atoms. The highest BCUT2D eigenvalue weighted by Gasteiger charge is 2.59. The van der Waals surface area contributed by atoms with E-state index in [9.17, 15) is 21.0 Å². The normalized spacial score (nSPS) is 24.6. The summed E-state index contributed by atoms with van der Waals surface area (Å²) in [4.78, 5) is 37.0. The van der Waals surface area contributed by atoms with Crippen LogP contribution >= 0.6 is 11.8 Å². The molecule has 0 amide bonds. The molecule has 0 saturated carbocycles. The van der Waals surface area contributed by atoms with Gasteiger partial charge in [0, 0.05) is 14.7 Å². The fourth-order valence-corrected chi connectivity index (χ4v) is 13.1. The minimum Gasteiger partial charge on any atom is -0.497 e. The Morgan fingerprint density at radius 2 is 0.853 bits per heavy atom. The number of aliphatic carboxylic acids is 1. The number of azide groups is 2. The molecule has 532 valence electrons. The van der Waals surface area contributed by atoms with Crippen LogP contribution in [0.5, 0.6) is 17.2 Å². The number of carboxylic acid groups (broad SMARTS) is 1. The number of carboxylic acids is 1. The summed E-state index contributed by atoms with van der Waals surface area (Å²) in [5.41, 5.74) is 25.8. The SMILES string of the molecule is COc1ccc(COC[C@H]2O[C@H](O[C@H]3[C@H](OCc4ccccc4)[C@@H](OC(=O)c4ccccc4)[C@H](O[C@H]4[C@H](OCc5ccc(OC)cc5)[C@@H](N=[N+]=[N-])C(Sc5ccc(C)cc5)O[C@@H]4COCc4ccc(OC)cc4)O[C@@H]3C(=O)O)[C@H](N=[N+]=[N-])[C@@H](OCc3ccccc3)[C@@H]2OCc2ccccc2)cc1. The Morgan fingerprint density at radius 3 is 1.32 bits per heavy atom. The fourth-order valence-electron chi connectivity index (χ4n) is 12.0. The van der Waals surface area contributed by atoms with E-state index in [-0.39, 0.29) is 58.4 Å². The predicted octanol–water partition coefficient (Wildman–Crippen LogP) is 13.5. The van der Waals surface area contributed by atoms with Gasteiger partial charge in [0.05, 0.1) is 85.9 Å². The van der Waals surface area contributed by atoms with Crippen molar-refractivity contribution in [2.24, 2.45) is 10.2 Å². The largest absolute Gasteiger partial charge is 0.497 e. The number of hydrogen-bond donors (Lipinski definition) is 1. The van der Waals surface area contributed by atoms with Crippen molar-refractivity contribution in [3.63, 3.8) is 0 Å². The summed E-state index contributed by atoms with van der Waals surface area (Å²) in [5, 5.41) is 20.5. The number of hydrogen-bond acceptors (Lipinski definition) is 20. The first-order valence-electron chi connectivity index (χ1n) is 33.2. The Hall–Kier alpha value is -9.37. The molecule has 3 fully saturated rings. The first kappa shape index (κ1) is 73.8. The molecule has 3 saturated heterocycles. The number of benzene rings is 8. The van der Waals surface area contributed by atoms with E-state index in [0.29, 0.717) is 28.4 Å². The third kappa shape index (κ3) is 20.0. The highest BCUT2D eigenvalue weighted by molar-refractivity contribution is 7.99. The molecule has 3 aliphatic heterocycles. The number of thioether (sulfide) groups is 1. The van der Waals surface area contributed by atoms with Gasteiger partial charge in [-0.1, -0.05) is 185 Å². The Kier molecular flexibility index (Phi) is 27.2.